The smallest absolute Gasteiger partial charge is 0.305 e. The number of methoxy groups -OCH3 is 1. The summed E-state index contributed by atoms with van der Waals surface area (Å²) in [5.74, 6) is 0.435. The van der Waals surface area contributed by atoms with E-state index >= 15 is 0 Å². The van der Waals surface area contributed by atoms with Gasteiger partial charge in [-0.25, -0.2) is 4.98 Å². The number of aliphatic hydroxyl groups excluding tert-OH is 3. The van der Waals surface area contributed by atoms with E-state index in [1.54, 1.807) is 6.08 Å². The van der Waals surface area contributed by atoms with Crippen molar-refractivity contribution in [2.24, 2.45) is 7.05 Å². The highest BCUT2D eigenvalue weighted by molar-refractivity contribution is 5.69. The van der Waals surface area contributed by atoms with Gasteiger partial charge in [-0.05, 0) is 32.3 Å². The molecule has 0 saturated heterocycles. The van der Waals surface area contributed by atoms with Crippen molar-refractivity contribution >= 4 is 12.0 Å². The number of aryl methyl sites for hydroxylation is 1. The molecule has 0 radical (unpaired) electrons. The second kappa shape index (κ2) is 11.9. The Bertz CT molecular complexity index is 612. The molecule has 3 unspecified atom stereocenters. The van der Waals surface area contributed by atoms with Crippen molar-refractivity contribution in [1.82, 2.24) is 9.55 Å². The van der Waals surface area contributed by atoms with Crippen LogP contribution in [0.15, 0.2) is 6.08 Å². The molecule has 154 valence electrons. The van der Waals surface area contributed by atoms with Crippen LogP contribution in [0.3, 0.4) is 0 Å². The van der Waals surface area contributed by atoms with Gasteiger partial charge in [-0.2, -0.15) is 0 Å². The van der Waals surface area contributed by atoms with E-state index < -0.39 is 18.3 Å². The number of rotatable bonds is 12. The fraction of sp³-hybridized carbons (Fsp3) is 0.700. The number of carbonyl (C=O) groups excluding carboxylic acids is 1. The van der Waals surface area contributed by atoms with Gasteiger partial charge in [0.2, 0.25) is 0 Å². The monoisotopic (exact) mass is 382 g/mol. The zero-order valence-corrected chi connectivity index (χ0v) is 16.9. The number of aromatic nitrogens is 2. The molecule has 0 fully saturated rings. The van der Waals surface area contributed by atoms with Crippen LogP contribution in [-0.4, -0.2) is 50.2 Å². The van der Waals surface area contributed by atoms with Crippen LogP contribution in [0.25, 0.3) is 6.08 Å². The van der Waals surface area contributed by atoms with Gasteiger partial charge < -0.3 is 24.6 Å². The van der Waals surface area contributed by atoms with Crippen LogP contribution in [0.4, 0.5) is 0 Å². The third kappa shape index (κ3) is 7.44. The van der Waals surface area contributed by atoms with E-state index in [4.69, 9.17) is 0 Å². The summed E-state index contributed by atoms with van der Waals surface area (Å²) in [7, 11) is 3.18. The molecule has 0 aromatic carbocycles. The van der Waals surface area contributed by atoms with E-state index in [0.29, 0.717) is 24.2 Å². The maximum absolute atomic E-state index is 11.1. The summed E-state index contributed by atoms with van der Waals surface area (Å²) in [5.41, 5.74) is 1.31. The highest BCUT2D eigenvalue weighted by Gasteiger charge is 2.19. The summed E-state index contributed by atoms with van der Waals surface area (Å²) < 4.78 is 6.41. The van der Waals surface area contributed by atoms with Crippen molar-refractivity contribution in [3.63, 3.8) is 0 Å². The van der Waals surface area contributed by atoms with Crippen molar-refractivity contribution < 1.29 is 24.9 Å². The van der Waals surface area contributed by atoms with Crippen LogP contribution >= 0.6 is 0 Å². The molecular formula is C20H34N2O5. The molecule has 0 saturated carbocycles. The largest absolute Gasteiger partial charge is 0.469 e. The maximum Gasteiger partial charge on any atom is 0.305 e. The Balaban J connectivity index is 2.73. The lowest BCUT2D eigenvalue weighted by atomic mass is 10.0. The van der Waals surface area contributed by atoms with Crippen molar-refractivity contribution in [1.29, 1.82) is 0 Å². The molecule has 0 aliphatic heterocycles. The fourth-order valence-corrected chi connectivity index (χ4v) is 2.94. The number of hydrogen-bond acceptors (Lipinski definition) is 6. The first-order valence-corrected chi connectivity index (χ1v) is 9.64. The van der Waals surface area contributed by atoms with E-state index in [1.165, 1.54) is 13.2 Å². The van der Waals surface area contributed by atoms with Crippen molar-refractivity contribution in [2.75, 3.05) is 7.11 Å². The number of imidazole rings is 1. The molecule has 0 aliphatic carbocycles. The molecule has 1 aromatic rings. The van der Waals surface area contributed by atoms with Gasteiger partial charge in [-0.1, -0.05) is 32.3 Å². The summed E-state index contributed by atoms with van der Waals surface area (Å²) in [5, 5.41) is 30.7. The Kier molecular flexibility index (Phi) is 10.3. The van der Waals surface area contributed by atoms with Gasteiger partial charge in [0.25, 0.3) is 0 Å². The molecule has 27 heavy (non-hydrogen) atoms. The van der Waals surface area contributed by atoms with Crippen LogP contribution in [0.2, 0.25) is 0 Å². The lowest BCUT2D eigenvalue weighted by molar-refractivity contribution is -0.140. The standard InChI is InChI=1S/C20H34N2O5/c1-5-6-7-9-18(25)20-15(21-14(2)22(20)3)12-13-17(24)16(23)10-8-11-19(26)27-4/h12-13,16-18,23-25H,5-11H2,1-4H3. The van der Waals surface area contributed by atoms with Gasteiger partial charge in [0.05, 0.1) is 36.8 Å². The summed E-state index contributed by atoms with van der Waals surface area (Å²) >= 11 is 0. The molecule has 0 spiro atoms. The van der Waals surface area contributed by atoms with Gasteiger partial charge in [0, 0.05) is 13.5 Å². The molecule has 7 heteroatoms. The predicted molar refractivity (Wildman–Crippen MR) is 104 cm³/mol. The molecular weight excluding hydrogens is 348 g/mol. The number of carbonyl (C=O) groups is 1. The fourth-order valence-electron chi connectivity index (χ4n) is 2.94. The summed E-state index contributed by atoms with van der Waals surface area (Å²) in [6, 6.07) is 0. The molecule has 0 amide bonds. The second-order valence-corrected chi connectivity index (χ2v) is 6.89. The van der Waals surface area contributed by atoms with Crippen LogP contribution in [0.1, 0.15) is 75.2 Å². The number of aliphatic hydroxyl groups is 3. The molecule has 7 nitrogen and oxygen atoms in total. The Labute approximate surface area is 161 Å². The quantitative estimate of drug-likeness (QED) is 0.379. The second-order valence-electron chi connectivity index (χ2n) is 6.89. The number of ether oxygens (including phenoxy) is 1. The highest BCUT2D eigenvalue weighted by atomic mass is 16.5. The minimum atomic E-state index is -1.07. The average molecular weight is 383 g/mol. The van der Waals surface area contributed by atoms with E-state index in [-0.39, 0.29) is 18.8 Å². The minimum Gasteiger partial charge on any atom is -0.469 e. The van der Waals surface area contributed by atoms with Gasteiger partial charge in [0.1, 0.15) is 5.82 Å². The van der Waals surface area contributed by atoms with Gasteiger partial charge in [-0.3, -0.25) is 4.79 Å². The maximum atomic E-state index is 11.1. The Hall–Kier alpha value is -1.70. The van der Waals surface area contributed by atoms with Crippen molar-refractivity contribution in [3.8, 4) is 0 Å². The third-order valence-corrected chi connectivity index (χ3v) is 4.74. The van der Waals surface area contributed by atoms with Crippen LogP contribution < -0.4 is 0 Å². The van der Waals surface area contributed by atoms with E-state index in [2.05, 4.69) is 16.6 Å². The first kappa shape index (κ1) is 23.3. The van der Waals surface area contributed by atoms with Gasteiger partial charge >= 0.3 is 5.97 Å². The van der Waals surface area contributed by atoms with Crippen molar-refractivity contribution in [3.05, 3.63) is 23.3 Å². The number of unbranched alkanes of at least 4 members (excludes halogenated alkanes) is 2. The van der Waals surface area contributed by atoms with E-state index in [1.807, 2.05) is 18.5 Å². The molecule has 0 bridgehead atoms. The minimum absolute atomic E-state index is 0.206. The van der Waals surface area contributed by atoms with Gasteiger partial charge in [0.15, 0.2) is 0 Å². The van der Waals surface area contributed by atoms with Crippen LogP contribution in [-0.2, 0) is 16.6 Å². The lowest BCUT2D eigenvalue weighted by Gasteiger charge is -2.15. The van der Waals surface area contributed by atoms with Crippen molar-refractivity contribution in [2.45, 2.75) is 77.1 Å². The van der Waals surface area contributed by atoms with E-state index in [0.717, 1.165) is 25.1 Å². The zero-order valence-electron chi connectivity index (χ0n) is 16.9. The Morgan fingerprint density at radius 2 is 1.93 bits per heavy atom. The molecule has 1 aromatic heterocycles. The van der Waals surface area contributed by atoms with Gasteiger partial charge in [-0.15, -0.1) is 0 Å². The van der Waals surface area contributed by atoms with E-state index in [9.17, 15) is 20.1 Å². The van der Waals surface area contributed by atoms with Crippen LogP contribution in [0, 0.1) is 6.92 Å². The Morgan fingerprint density at radius 1 is 1.22 bits per heavy atom. The van der Waals surface area contributed by atoms with Crippen LogP contribution in [0.5, 0.6) is 0 Å². The Morgan fingerprint density at radius 3 is 2.56 bits per heavy atom. The predicted octanol–water partition coefficient (Wildman–Crippen LogP) is 2.42. The number of esters is 1. The topological polar surface area (TPSA) is 105 Å². The molecule has 3 atom stereocenters. The zero-order chi connectivity index (χ0) is 20.4. The number of hydrogen-bond donors (Lipinski definition) is 3. The highest BCUT2D eigenvalue weighted by Crippen LogP contribution is 2.25. The normalized spacial score (nSPS) is 15.1. The average Bonchev–Trinajstić information content (AvgIpc) is 2.93. The molecule has 3 N–H and O–H groups in total. The summed E-state index contributed by atoms with van der Waals surface area (Å²) in [4.78, 5) is 15.5. The summed E-state index contributed by atoms with van der Waals surface area (Å²) in [6.45, 7) is 3.98. The molecule has 1 heterocycles. The third-order valence-electron chi connectivity index (χ3n) is 4.74. The number of nitrogens with zero attached hydrogens (tertiary/aromatic N) is 2. The lowest BCUT2D eigenvalue weighted by Crippen LogP contribution is -2.23. The molecule has 1 rings (SSSR count). The molecule has 0 aliphatic rings. The summed E-state index contributed by atoms with van der Waals surface area (Å²) in [6.07, 6.45) is 5.12. The first-order chi connectivity index (χ1) is 12.8. The SMILES string of the molecule is CCCCCC(O)c1c(C=CC(O)C(O)CCCC(=O)OC)nc(C)n1C. The first-order valence-electron chi connectivity index (χ1n) is 9.64.